The van der Waals surface area contributed by atoms with Gasteiger partial charge < -0.3 is 10.2 Å². The van der Waals surface area contributed by atoms with Gasteiger partial charge in [-0.3, -0.25) is 4.79 Å². The lowest BCUT2D eigenvalue weighted by atomic mass is 10.2. The number of anilines is 1. The number of halogens is 3. The molecule has 1 unspecified atom stereocenters. The van der Waals surface area contributed by atoms with Crippen molar-refractivity contribution in [2.45, 2.75) is 19.4 Å². The summed E-state index contributed by atoms with van der Waals surface area (Å²) in [6.45, 7) is 3.42. The van der Waals surface area contributed by atoms with E-state index in [1.165, 1.54) is 0 Å². The largest absolute Gasteiger partial charge is 0.309 e. The molecule has 1 fully saturated rings. The summed E-state index contributed by atoms with van der Waals surface area (Å²) < 4.78 is 0.729. The number of likely N-dealkylation sites (N-methyl/N-ethyl adjacent to an activating group) is 1. The Morgan fingerprint density at radius 2 is 2.17 bits per heavy atom. The van der Waals surface area contributed by atoms with Crippen LogP contribution in [0.4, 0.5) is 5.69 Å². The first-order valence-electron chi connectivity index (χ1n) is 5.74. The first kappa shape index (κ1) is 14.1. The summed E-state index contributed by atoms with van der Waals surface area (Å²) in [4.78, 5) is 13.9. The normalized spacial score (nSPS) is 19.7. The zero-order valence-corrected chi connectivity index (χ0v) is 12.9. The fourth-order valence-corrected chi connectivity index (χ4v) is 2.95. The summed E-state index contributed by atoms with van der Waals surface area (Å²) in [7, 11) is 0. The molecule has 0 aromatic heterocycles. The minimum atomic E-state index is -0.117. The van der Waals surface area contributed by atoms with Gasteiger partial charge in [-0.2, -0.15) is 0 Å². The molecule has 18 heavy (non-hydrogen) atoms. The van der Waals surface area contributed by atoms with Crippen LogP contribution < -0.4 is 10.2 Å². The molecule has 1 heterocycles. The van der Waals surface area contributed by atoms with Crippen LogP contribution in [0, 0.1) is 0 Å². The van der Waals surface area contributed by atoms with Crippen molar-refractivity contribution in [2.75, 3.05) is 18.0 Å². The van der Waals surface area contributed by atoms with Gasteiger partial charge in [0.05, 0.1) is 21.8 Å². The van der Waals surface area contributed by atoms with E-state index in [-0.39, 0.29) is 11.9 Å². The number of benzene rings is 1. The number of rotatable bonds is 3. The van der Waals surface area contributed by atoms with E-state index in [2.05, 4.69) is 21.2 Å². The summed E-state index contributed by atoms with van der Waals surface area (Å²) in [5.74, 6) is 0.0529. The van der Waals surface area contributed by atoms with E-state index in [4.69, 9.17) is 23.2 Å². The molecule has 2 rings (SSSR count). The Balaban J connectivity index is 2.29. The van der Waals surface area contributed by atoms with E-state index in [0.717, 1.165) is 17.4 Å². The molecule has 3 nitrogen and oxygen atoms in total. The maximum Gasteiger partial charge on any atom is 0.244 e. The average molecular weight is 352 g/mol. The average Bonchev–Trinajstić information content (AvgIpc) is 2.70. The van der Waals surface area contributed by atoms with Crippen molar-refractivity contribution in [3.63, 3.8) is 0 Å². The molecule has 0 aliphatic carbocycles. The second-order valence-corrected chi connectivity index (χ2v) is 5.69. The molecule has 0 bridgehead atoms. The zero-order chi connectivity index (χ0) is 13.3. The summed E-state index contributed by atoms with van der Waals surface area (Å²) in [6, 6.07) is 3.50. The molecule has 6 heteroatoms. The maximum atomic E-state index is 12.2. The third kappa shape index (κ3) is 2.52. The van der Waals surface area contributed by atoms with Gasteiger partial charge in [-0.15, -0.1) is 0 Å². The number of hydrogen-bond donors (Lipinski definition) is 1. The topological polar surface area (TPSA) is 32.3 Å². The predicted octanol–water partition coefficient (Wildman–Crippen LogP) is 3.47. The van der Waals surface area contributed by atoms with Crippen molar-refractivity contribution in [3.05, 3.63) is 26.7 Å². The molecule has 1 N–H and O–H groups in total. The highest BCUT2D eigenvalue weighted by Gasteiger charge is 2.33. The van der Waals surface area contributed by atoms with E-state index in [9.17, 15) is 4.79 Å². The van der Waals surface area contributed by atoms with Crippen LogP contribution in [0.2, 0.25) is 10.0 Å². The minimum Gasteiger partial charge on any atom is -0.309 e. The SMILES string of the molecule is CCNC1CCN(c2ccc(Br)c(Cl)c2Cl)C1=O. The second kappa shape index (κ2) is 5.78. The molecule has 1 amide bonds. The summed E-state index contributed by atoms with van der Waals surface area (Å²) in [5.41, 5.74) is 0.676. The fraction of sp³-hybridized carbons (Fsp3) is 0.417. The molecule has 0 spiro atoms. The van der Waals surface area contributed by atoms with Crippen molar-refractivity contribution < 1.29 is 4.79 Å². The summed E-state index contributed by atoms with van der Waals surface area (Å²) >= 11 is 15.6. The van der Waals surface area contributed by atoms with E-state index in [1.807, 2.05) is 13.0 Å². The quantitative estimate of drug-likeness (QED) is 0.845. The Bertz CT molecular complexity index is 481. The molecule has 1 aromatic carbocycles. The standard InChI is InChI=1S/C12H13BrCl2N2O/c1-2-16-8-5-6-17(12(8)18)9-4-3-7(13)10(14)11(9)15/h3-4,8,16H,2,5-6H2,1H3. The Morgan fingerprint density at radius 3 is 2.83 bits per heavy atom. The smallest absolute Gasteiger partial charge is 0.244 e. The number of carbonyl (C=O) groups excluding carboxylic acids is 1. The van der Waals surface area contributed by atoms with Gasteiger partial charge in [-0.1, -0.05) is 30.1 Å². The van der Waals surface area contributed by atoms with Crippen LogP contribution in [0.25, 0.3) is 0 Å². The molecular formula is C12H13BrCl2N2O. The van der Waals surface area contributed by atoms with Crippen LogP contribution >= 0.6 is 39.1 Å². The van der Waals surface area contributed by atoms with Crippen molar-refractivity contribution >= 4 is 50.7 Å². The van der Waals surface area contributed by atoms with Gasteiger partial charge in [0, 0.05) is 11.0 Å². The van der Waals surface area contributed by atoms with Crippen molar-refractivity contribution in [2.24, 2.45) is 0 Å². The van der Waals surface area contributed by atoms with Gasteiger partial charge >= 0.3 is 0 Å². The first-order chi connectivity index (χ1) is 8.56. The highest BCUT2D eigenvalue weighted by atomic mass is 79.9. The van der Waals surface area contributed by atoms with Crippen LogP contribution in [-0.2, 0) is 4.79 Å². The van der Waals surface area contributed by atoms with Crippen molar-refractivity contribution in [3.8, 4) is 0 Å². The third-order valence-corrected chi connectivity index (χ3v) is 4.72. The molecule has 1 atom stereocenters. The van der Waals surface area contributed by atoms with Gasteiger partial charge in [0.1, 0.15) is 0 Å². The van der Waals surface area contributed by atoms with E-state index >= 15 is 0 Å². The molecule has 0 radical (unpaired) electrons. The highest BCUT2D eigenvalue weighted by molar-refractivity contribution is 9.10. The lowest BCUT2D eigenvalue weighted by molar-refractivity contribution is -0.118. The van der Waals surface area contributed by atoms with Gasteiger partial charge in [0.15, 0.2) is 0 Å². The van der Waals surface area contributed by atoms with Crippen LogP contribution in [0.5, 0.6) is 0 Å². The zero-order valence-electron chi connectivity index (χ0n) is 9.84. The van der Waals surface area contributed by atoms with Crippen LogP contribution in [0.3, 0.4) is 0 Å². The third-order valence-electron chi connectivity index (χ3n) is 2.96. The summed E-state index contributed by atoms with van der Waals surface area (Å²) in [6.07, 6.45) is 0.788. The fourth-order valence-electron chi connectivity index (χ4n) is 2.08. The van der Waals surface area contributed by atoms with Gasteiger partial charge in [-0.05, 0) is 41.0 Å². The number of hydrogen-bond acceptors (Lipinski definition) is 2. The molecular weight excluding hydrogens is 339 g/mol. The van der Waals surface area contributed by atoms with Crippen LogP contribution in [0.15, 0.2) is 16.6 Å². The van der Waals surface area contributed by atoms with E-state index in [1.54, 1.807) is 11.0 Å². The lowest BCUT2D eigenvalue weighted by Gasteiger charge is -2.19. The summed E-state index contributed by atoms with van der Waals surface area (Å²) in [5, 5.41) is 4.02. The lowest BCUT2D eigenvalue weighted by Crippen LogP contribution is -2.38. The van der Waals surface area contributed by atoms with Crippen molar-refractivity contribution in [1.29, 1.82) is 0 Å². The van der Waals surface area contributed by atoms with Gasteiger partial charge in [0.2, 0.25) is 5.91 Å². The molecule has 1 saturated heterocycles. The number of nitrogens with one attached hydrogen (secondary N) is 1. The number of carbonyl (C=O) groups is 1. The molecule has 1 aromatic rings. The molecule has 1 aliphatic rings. The minimum absolute atomic E-state index is 0.0529. The Kier molecular flexibility index (Phi) is 4.54. The Labute approximate surface area is 125 Å². The van der Waals surface area contributed by atoms with Crippen LogP contribution in [0.1, 0.15) is 13.3 Å². The first-order valence-corrected chi connectivity index (χ1v) is 7.29. The molecule has 98 valence electrons. The van der Waals surface area contributed by atoms with Crippen molar-refractivity contribution in [1.82, 2.24) is 5.32 Å². The Hall–Kier alpha value is -0.290. The van der Waals surface area contributed by atoms with Gasteiger partial charge in [-0.25, -0.2) is 0 Å². The second-order valence-electron chi connectivity index (χ2n) is 4.08. The molecule has 1 aliphatic heterocycles. The number of amides is 1. The Morgan fingerprint density at radius 1 is 1.44 bits per heavy atom. The van der Waals surface area contributed by atoms with E-state index < -0.39 is 0 Å². The predicted molar refractivity (Wildman–Crippen MR) is 78.6 cm³/mol. The monoisotopic (exact) mass is 350 g/mol. The van der Waals surface area contributed by atoms with Gasteiger partial charge in [0.25, 0.3) is 0 Å². The molecule has 0 saturated carbocycles. The highest BCUT2D eigenvalue weighted by Crippen LogP contribution is 2.39. The van der Waals surface area contributed by atoms with Crippen LogP contribution in [-0.4, -0.2) is 25.0 Å². The maximum absolute atomic E-state index is 12.2. The van der Waals surface area contributed by atoms with E-state index in [0.29, 0.717) is 22.3 Å². The number of nitrogens with zero attached hydrogens (tertiary/aromatic N) is 1.